The Morgan fingerprint density at radius 1 is 1.47 bits per heavy atom. The molecule has 0 bridgehead atoms. The standard InChI is InChI=1S/C15H17FN2S/c1-3-8-18(4-2)10-11-14(9-17)19-13-7-5-6-12(16)15(11)13/h1,5-7H,4,8-10,17H2,2H3. The molecule has 2 rings (SSSR count). The van der Waals surface area contributed by atoms with Gasteiger partial charge in [0, 0.05) is 28.1 Å². The average molecular weight is 276 g/mol. The minimum atomic E-state index is -0.180. The van der Waals surface area contributed by atoms with E-state index < -0.39 is 0 Å². The first-order chi connectivity index (χ1) is 9.21. The van der Waals surface area contributed by atoms with Gasteiger partial charge in [-0.25, -0.2) is 4.39 Å². The molecule has 0 saturated carbocycles. The highest BCUT2D eigenvalue weighted by molar-refractivity contribution is 7.19. The van der Waals surface area contributed by atoms with Crippen LogP contribution in [0.25, 0.3) is 10.1 Å². The number of terminal acetylenes is 1. The number of fused-ring (bicyclic) bond motifs is 1. The minimum absolute atomic E-state index is 0.180. The minimum Gasteiger partial charge on any atom is -0.326 e. The molecule has 0 aliphatic heterocycles. The SMILES string of the molecule is C#CCN(CC)Cc1c(CN)sc2cccc(F)c12. The topological polar surface area (TPSA) is 29.3 Å². The molecule has 2 nitrogen and oxygen atoms in total. The lowest BCUT2D eigenvalue weighted by Crippen LogP contribution is -2.23. The molecule has 0 unspecified atom stereocenters. The molecule has 0 fully saturated rings. The Kier molecular flexibility index (Phi) is 4.54. The van der Waals surface area contributed by atoms with Crippen molar-refractivity contribution in [2.75, 3.05) is 13.1 Å². The fourth-order valence-corrected chi connectivity index (χ4v) is 3.29. The number of hydrogen-bond acceptors (Lipinski definition) is 3. The number of benzene rings is 1. The molecule has 0 amide bonds. The maximum Gasteiger partial charge on any atom is 0.132 e. The van der Waals surface area contributed by atoms with Crippen LogP contribution in [0.4, 0.5) is 4.39 Å². The molecule has 0 saturated heterocycles. The summed E-state index contributed by atoms with van der Waals surface area (Å²) in [7, 11) is 0. The number of hydrogen-bond donors (Lipinski definition) is 1. The highest BCUT2D eigenvalue weighted by atomic mass is 32.1. The van der Waals surface area contributed by atoms with E-state index in [9.17, 15) is 4.39 Å². The molecule has 1 aromatic carbocycles. The summed E-state index contributed by atoms with van der Waals surface area (Å²) in [5.74, 6) is 2.46. The molecule has 0 radical (unpaired) electrons. The van der Waals surface area contributed by atoms with Gasteiger partial charge < -0.3 is 5.73 Å². The first-order valence-electron chi connectivity index (χ1n) is 6.25. The molecule has 0 atom stereocenters. The number of nitrogens with two attached hydrogens (primary N) is 1. The summed E-state index contributed by atoms with van der Waals surface area (Å²) in [6.45, 7) is 4.52. The Bertz CT molecular complexity index is 612. The van der Waals surface area contributed by atoms with Gasteiger partial charge in [0.2, 0.25) is 0 Å². The molecule has 1 heterocycles. The third kappa shape index (κ3) is 2.79. The molecule has 0 spiro atoms. The summed E-state index contributed by atoms with van der Waals surface area (Å²) in [5.41, 5.74) is 6.77. The Morgan fingerprint density at radius 3 is 2.89 bits per heavy atom. The van der Waals surface area contributed by atoms with Crippen molar-refractivity contribution in [1.82, 2.24) is 4.90 Å². The summed E-state index contributed by atoms with van der Waals surface area (Å²) >= 11 is 1.57. The summed E-state index contributed by atoms with van der Waals surface area (Å²) in [4.78, 5) is 3.14. The lowest BCUT2D eigenvalue weighted by Gasteiger charge is -2.18. The highest BCUT2D eigenvalue weighted by Gasteiger charge is 2.16. The second kappa shape index (κ2) is 6.16. The molecule has 4 heteroatoms. The largest absolute Gasteiger partial charge is 0.326 e. The van der Waals surface area contributed by atoms with Crippen molar-refractivity contribution in [1.29, 1.82) is 0 Å². The molecule has 0 aliphatic rings. The maximum atomic E-state index is 14.0. The molecule has 19 heavy (non-hydrogen) atoms. The van der Waals surface area contributed by atoms with Crippen molar-refractivity contribution in [2.24, 2.45) is 5.73 Å². The number of nitrogens with zero attached hydrogens (tertiary/aromatic N) is 1. The lowest BCUT2D eigenvalue weighted by molar-refractivity contribution is 0.316. The van der Waals surface area contributed by atoms with E-state index in [1.54, 1.807) is 17.4 Å². The van der Waals surface area contributed by atoms with Crippen LogP contribution >= 0.6 is 11.3 Å². The normalized spacial score (nSPS) is 11.1. The quantitative estimate of drug-likeness (QED) is 0.851. The smallest absolute Gasteiger partial charge is 0.132 e. The van der Waals surface area contributed by atoms with E-state index in [1.165, 1.54) is 6.07 Å². The first kappa shape index (κ1) is 14.0. The number of halogens is 1. The maximum absolute atomic E-state index is 14.0. The van der Waals surface area contributed by atoms with Crippen molar-refractivity contribution >= 4 is 21.4 Å². The van der Waals surface area contributed by atoms with E-state index in [4.69, 9.17) is 12.2 Å². The van der Waals surface area contributed by atoms with Crippen LogP contribution in [0.1, 0.15) is 17.4 Å². The Balaban J connectivity index is 2.48. The first-order valence-corrected chi connectivity index (χ1v) is 7.07. The van der Waals surface area contributed by atoms with Gasteiger partial charge in [-0.1, -0.05) is 18.9 Å². The van der Waals surface area contributed by atoms with Gasteiger partial charge in [-0.05, 0) is 24.2 Å². The van der Waals surface area contributed by atoms with Gasteiger partial charge in [0.25, 0.3) is 0 Å². The van der Waals surface area contributed by atoms with Crippen LogP contribution in [0.2, 0.25) is 0 Å². The zero-order chi connectivity index (χ0) is 13.8. The van der Waals surface area contributed by atoms with Gasteiger partial charge in [0.05, 0.1) is 6.54 Å². The van der Waals surface area contributed by atoms with Crippen molar-refractivity contribution in [2.45, 2.75) is 20.0 Å². The Hall–Kier alpha value is -1.41. The van der Waals surface area contributed by atoms with E-state index >= 15 is 0 Å². The van der Waals surface area contributed by atoms with E-state index in [2.05, 4.69) is 10.8 Å². The van der Waals surface area contributed by atoms with Crippen LogP contribution in [-0.2, 0) is 13.1 Å². The van der Waals surface area contributed by atoms with E-state index in [1.807, 2.05) is 13.0 Å². The van der Waals surface area contributed by atoms with Gasteiger partial charge in [0.1, 0.15) is 5.82 Å². The highest BCUT2D eigenvalue weighted by Crippen LogP contribution is 2.33. The molecular formula is C15H17FN2S. The molecule has 2 N–H and O–H groups in total. The summed E-state index contributed by atoms with van der Waals surface area (Å²) < 4.78 is 15.0. The van der Waals surface area contributed by atoms with Gasteiger partial charge in [-0.3, -0.25) is 4.90 Å². The molecule has 2 aromatic rings. The van der Waals surface area contributed by atoms with E-state index in [0.717, 1.165) is 21.7 Å². The van der Waals surface area contributed by atoms with Crippen LogP contribution in [-0.4, -0.2) is 18.0 Å². The Morgan fingerprint density at radius 2 is 2.26 bits per heavy atom. The fraction of sp³-hybridized carbons (Fsp3) is 0.333. The van der Waals surface area contributed by atoms with Crippen molar-refractivity contribution < 1.29 is 4.39 Å². The average Bonchev–Trinajstić information content (AvgIpc) is 2.77. The zero-order valence-electron chi connectivity index (χ0n) is 10.9. The molecular weight excluding hydrogens is 259 g/mol. The lowest BCUT2D eigenvalue weighted by atomic mass is 10.1. The predicted octanol–water partition coefficient (Wildman–Crippen LogP) is 2.95. The summed E-state index contributed by atoms with van der Waals surface area (Å²) in [6.07, 6.45) is 5.36. The summed E-state index contributed by atoms with van der Waals surface area (Å²) in [5, 5.41) is 0.698. The van der Waals surface area contributed by atoms with Crippen molar-refractivity contribution in [3.05, 3.63) is 34.5 Å². The van der Waals surface area contributed by atoms with E-state index in [-0.39, 0.29) is 5.82 Å². The predicted molar refractivity (Wildman–Crippen MR) is 79.5 cm³/mol. The second-order valence-corrected chi connectivity index (χ2v) is 5.47. The van der Waals surface area contributed by atoms with Gasteiger partial charge in [-0.2, -0.15) is 0 Å². The number of rotatable bonds is 5. The third-order valence-electron chi connectivity index (χ3n) is 3.18. The van der Waals surface area contributed by atoms with Gasteiger partial charge in [0.15, 0.2) is 0 Å². The molecule has 100 valence electrons. The number of thiophene rings is 1. The van der Waals surface area contributed by atoms with E-state index in [0.29, 0.717) is 25.0 Å². The monoisotopic (exact) mass is 276 g/mol. The van der Waals surface area contributed by atoms with Crippen molar-refractivity contribution in [3.63, 3.8) is 0 Å². The van der Waals surface area contributed by atoms with Crippen LogP contribution in [0.5, 0.6) is 0 Å². The van der Waals surface area contributed by atoms with Crippen LogP contribution in [0.15, 0.2) is 18.2 Å². The van der Waals surface area contributed by atoms with Crippen LogP contribution in [0, 0.1) is 18.2 Å². The summed E-state index contributed by atoms with van der Waals surface area (Å²) in [6, 6.07) is 5.16. The van der Waals surface area contributed by atoms with Gasteiger partial charge in [-0.15, -0.1) is 17.8 Å². The molecule has 0 aliphatic carbocycles. The third-order valence-corrected chi connectivity index (χ3v) is 4.40. The van der Waals surface area contributed by atoms with Gasteiger partial charge >= 0.3 is 0 Å². The van der Waals surface area contributed by atoms with Crippen LogP contribution < -0.4 is 5.73 Å². The van der Waals surface area contributed by atoms with Crippen LogP contribution in [0.3, 0.4) is 0 Å². The zero-order valence-corrected chi connectivity index (χ0v) is 11.8. The van der Waals surface area contributed by atoms with Crippen molar-refractivity contribution in [3.8, 4) is 12.3 Å². The Labute approximate surface area is 117 Å². The second-order valence-electron chi connectivity index (χ2n) is 4.33. The molecule has 1 aromatic heterocycles. The fourth-order valence-electron chi connectivity index (χ4n) is 2.18.